The largest absolute Gasteiger partial charge is 0.497 e. The molecule has 1 aromatic rings. The molecule has 3 heteroatoms. The first-order valence-electron chi connectivity index (χ1n) is 3.48. The molecule has 62 valence electrons. The van der Waals surface area contributed by atoms with Gasteiger partial charge in [-0.3, -0.25) is 0 Å². The van der Waals surface area contributed by atoms with Crippen LogP contribution in [0.25, 0.3) is 0 Å². The van der Waals surface area contributed by atoms with Crippen LogP contribution < -0.4 is 4.74 Å². The zero-order valence-electron chi connectivity index (χ0n) is 7.00. The van der Waals surface area contributed by atoms with Crippen molar-refractivity contribution >= 4 is 11.8 Å². The number of thiocyanates is 1. The van der Waals surface area contributed by atoms with E-state index in [4.69, 9.17) is 10.00 Å². The van der Waals surface area contributed by atoms with E-state index in [-0.39, 0.29) is 0 Å². The van der Waals surface area contributed by atoms with Gasteiger partial charge in [0.25, 0.3) is 0 Å². The number of ether oxygens (including phenoxy) is 1. The van der Waals surface area contributed by atoms with Gasteiger partial charge in [-0.15, -0.1) is 0 Å². The molecule has 1 aromatic carbocycles. The topological polar surface area (TPSA) is 33.0 Å². The summed E-state index contributed by atoms with van der Waals surface area (Å²) in [5.41, 5.74) is 1.07. The molecule has 2 nitrogen and oxygen atoms in total. The van der Waals surface area contributed by atoms with E-state index in [1.807, 2.05) is 30.5 Å². The van der Waals surface area contributed by atoms with Crippen molar-refractivity contribution in [3.8, 4) is 11.2 Å². The van der Waals surface area contributed by atoms with Crippen molar-refractivity contribution in [1.82, 2.24) is 0 Å². The molecule has 0 unspecified atom stereocenters. The van der Waals surface area contributed by atoms with E-state index < -0.39 is 0 Å². The first-order chi connectivity index (χ1) is 5.77. The van der Waals surface area contributed by atoms with Gasteiger partial charge in [-0.05, 0) is 42.4 Å². The number of thioether (sulfide) groups is 1. The Kier molecular flexibility index (Phi) is 3.01. The predicted molar refractivity (Wildman–Crippen MR) is 49.2 cm³/mol. The summed E-state index contributed by atoms with van der Waals surface area (Å²) in [7, 11) is 1.63. The molecule has 0 N–H and O–H groups in total. The second kappa shape index (κ2) is 4.03. The number of benzene rings is 1. The number of rotatable bonds is 2. The summed E-state index contributed by atoms with van der Waals surface area (Å²) in [5.74, 6) is 0.829. The number of hydrogen-bond donors (Lipinski definition) is 0. The van der Waals surface area contributed by atoms with Gasteiger partial charge in [0, 0.05) is 4.90 Å². The van der Waals surface area contributed by atoms with Crippen LogP contribution in [0.2, 0.25) is 0 Å². The average molecular weight is 179 g/mol. The molecule has 1 rings (SSSR count). The highest BCUT2D eigenvalue weighted by Gasteiger charge is 1.99. The Balaban J connectivity index is 2.97. The SMILES string of the molecule is COc1ccc(SC#N)c(C)c1. The molecule has 0 spiro atoms. The van der Waals surface area contributed by atoms with Gasteiger partial charge in [-0.2, -0.15) is 5.26 Å². The fourth-order valence-corrected chi connectivity index (χ4v) is 1.37. The standard InChI is InChI=1S/C9H9NOS/c1-7-5-8(11-2)3-4-9(7)12-6-10/h3-5H,1-2H3. The first kappa shape index (κ1) is 8.95. The van der Waals surface area contributed by atoms with Crippen molar-refractivity contribution in [1.29, 1.82) is 5.26 Å². The molecular formula is C9H9NOS. The molecule has 0 bridgehead atoms. The molecule has 0 amide bonds. The van der Waals surface area contributed by atoms with Gasteiger partial charge in [0.2, 0.25) is 0 Å². The Hall–Kier alpha value is -1.14. The van der Waals surface area contributed by atoms with Crippen LogP contribution in [-0.2, 0) is 0 Å². The highest BCUT2D eigenvalue weighted by Crippen LogP contribution is 2.24. The third-order valence-corrected chi connectivity index (χ3v) is 2.31. The summed E-state index contributed by atoms with van der Waals surface area (Å²) in [6, 6.07) is 5.66. The Morgan fingerprint density at radius 2 is 2.25 bits per heavy atom. The molecule has 0 saturated carbocycles. The minimum absolute atomic E-state index is 0.829. The number of methoxy groups -OCH3 is 1. The lowest BCUT2D eigenvalue weighted by Gasteiger charge is -2.03. The van der Waals surface area contributed by atoms with E-state index in [1.165, 1.54) is 11.8 Å². The lowest BCUT2D eigenvalue weighted by Crippen LogP contribution is -1.84. The minimum Gasteiger partial charge on any atom is -0.497 e. The van der Waals surface area contributed by atoms with Crippen molar-refractivity contribution in [3.05, 3.63) is 23.8 Å². The van der Waals surface area contributed by atoms with Crippen molar-refractivity contribution in [2.24, 2.45) is 0 Å². The highest BCUT2D eigenvalue weighted by molar-refractivity contribution is 8.03. The van der Waals surface area contributed by atoms with Crippen LogP contribution in [0.1, 0.15) is 5.56 Å². The molecule has 12 heavy (non-hydrogen) atoms. The van der Waals surface area contributed by atoms with Gasteiger partial charge in [-0.1, -0.05) is 0 Å². The molecule has 0 radical (unpaired) electrons. The van der Waals surface area contributed by atoms with Crippen LogP contribution in [0.15, 0.2) is 23.1 Å². The second-order valence-electron chi connectivity index (χ2n) is 2.32. The number of hydrogen-bond acceptors (Lipinski definition) is 3. The Morgan fingerprint density at radius 1 is 1.50 bits per heavy atom. The third-order valence-electron chi connectivity index (χ3n) is 1.54. The van der Waals surface area contributed by atoms with E-state index in [2.05, 4.69) is 0 Å². The van der Waals surface area contributed by atoms with Gasteiger partial charge in [0.15, 0.2) is 0 Å². The maximum absolute atomic E-state index is 8.45. The van der Waals surface area contributed by atoms with Crippen LogP contribution >= 0.6 is 11.8 Å². The normalized spacial score (nSPS) is 9.08. The monoisotopic (exact) mass is 179 g/mol. The summed E-state index contributed by atoms with van der Waals surface area (Å²) in [6.45, 7) is 1.96. The molecule has 0 aliphatic rings. The van der Waals surface area contributed by atoms with Gasteiger partial charge in [0.05, 0.1) is 7.11 Å². The molecule has 0 atom stereocenters. The number of aryl methyl sites for hydroxylation is 1. The van der Waals surface area contributed by atoms with Crippen LogP contribution in [0.3, 0.4) is 0 Å². The predicted octanol–water partition coefficient (Wildman–Crippen LogP) is 2.58. The Morgan fingerprint density at radius 3 is 2.75 bits per heavy atom. The number of nitrogens with zero attached hydrogens (tertiary/aromatic N) is 1. The van der Waals surface area contributed by atoms with Crippen molar-refractivity contribution in [2.75, 3.05) is 7.11 Å². The summed E-state index contributed by atoms with van der Waals surface area (Å²) in [4.78, 5) is 0.985. The zero-order chi connectivity index (χ0) is 8.97. The summed E-state index contributed by atoms with van der Waals surface area (Å²) >= 11 is 1.17. The van der Waals surface area contributed by atoms with E-state index in [0.29, 0.717) is 0 Å². The second-order valence-corrected chi connectivity index (χ2v) is 3.15. The molecular weight excluding hydrogens is 170 g/mol. The minimum atomic E-state index is 0.829. The van der Waals surface area contributed by atoms with Gasteiger partial charge < -0.3 is 4.74 Å². The van der Waals surface area contributed by atoms with Gasteiger partial charge in [0.1, 0.15) is 11.2 Å². The lowest BCUT2D eigenvalue weighted by atomic mass is 10.2. The van der Waals surface area contributed by atoms with Gasteiger partial charge in [-0.25, -0.2) is 0 Å². The van der Waals surface area contributed by atoms with E-state index in [1.54, 1.807) is 7.11 Å². The van der Waals surface area contributed by atoms with Crippen LogP contribution in [0.4, 0.5) is 0 Å². The number of nitriles is 1. The summed E-state index contributed by atoms with van der Waals surface area (Å²) < 4.78 is 5.04. The van der Waals surface area contributed by atoms with Crippen LogP contribution in [-0.4, -0.2) is 7.11 Å². The molecule has 0 heterocycles. The summed E-state index contributed by atoms with van der Waals surface area (Å²) in [6.07, 6.45) is 0. The quantitative estimate of drug-likeness (QED) is 0.516. The van der Waals surface area contributed by atoms with Gasteiger partial charge >= 0.3 is 0 Å². The van der Waals surface area contributed by atoms with E-state index in [9.17, 15) is 0 Å². The highest BCUT2D eigenvalue weighted by atomic mass is 32.2. The Bertz CT molecular complexity index is 317. The lowest BCUT2D eigenvalue weighted by molar-refractivity contribution is 0.414. The maximum atomic E-state index is 8.45. The fourth-order valence-electron chi connectivity index (χ4n) is 0.913. The fraction of sp³-hybridized carbons (Fsp3) is 0.222. The average Bonchev–Trinajstić information content (AvgIpc) is 2.09. The third kappa shape index (κ3) is 1.93. The van der Waals surface area contributed by atoms with E-state index >= 15 is 0 Å². The van der Waals surface area contributed by atoms with Crippen molar-refractivity contribution in [2.45, 2.75) is 11.8 Å². The van der Waals surface area contributed by atoms with Crippen LogP contribution in [0.5, 0.6) is 5.75 Å². The molecule has 0 saturated heterocycles. The zero-order valence-corrected chi connectivity index (χ0v) is 7.81. The van der Waals surface area contributed by atoms with E-state index in [0.717, 1.165) is 16.2 Å². The maximum Gasteiger partial charge on any atom is 0.138 e. The van der Waals surface area contributed by atoms with Crippen LogP contribution in [0, 0.1) is 17.6 Å². The molecule has 0 aliphatic carbocycles. The molecule has 0 fully saturated rings. The molecule has 0 aliphatic heterocycles. The smallest absolute Gasteiger partial charge is 0.138 e. The Labute approximate surface area is 76.2 Å². The van der Waals surface area contributed by atoms with Crippen molar-refractivity contribution in [3.63, 3.8) is 0 Å². The summed E-state index contributed by atoms with van der Waals surface area (Å²) in [5, 5.41) is 10.5. The molecule has 0 aromatic heterocycles. The van der Waals surface area contributed by atoms with Crippen molar-refractivity contribution < 1.29 is 4.74 Å². The first-order valence-corrected chi connectivity index (χ1v) is 4.30.